The van der Waals surface area contributed by atoms with E-state index in [0.717, 1.165) is 31.9 Å². The van der Waals surface area contributed by atoms with Crippen LogP contribution in [-0.4, -0.2) is 40.1 Å². The number of nitrogens with one attached hydrogen (secondary N) is 2. The highest BCUT2D eigenvalue weighted by molar-refractivity contribution is 5.44. The van der Waals surface area contributed by atoms with Gasteiger partial charge < -0.3 is 15.5 Å². The van der Waals surface area contributed by atoms with Gasteiger partial charge in [-0.15, -0.1) is 0 Å². The van der Waals surface area contributed by atoms with E-state index in [9.17, 15) is 0 Å². The van der Waals surface area contributed by atoms with Gasteiger partial charge in [0.1, 0.15) is 0 Å². The van der Waals surface area contributed by atoms with Gasteiger partial charge in [0.05, 0.1) is 0 Å². The third-order valence-electron chi connectivity index (χ3n) is 4.49. The van der Waals surface area contributed by atoms with E-state index in [-0.39, 0.29) is 0 Å². The second kappa shape index (κ2) is 8.89. The second-order valence-corrected chi connectivity index (χ2v) is 6.59. The minimum absolute atomic E-state index is 0.353. The maximum absolute atomic E-state index is 4.67. The molecule has 0 aromatic carbocycles. The van der Waals surface area contributed by atoms with Crippen molar-refractivity contribution in [2.24, 2.45) is 0 Å². The normalized spacial score (nSPS) is 18.2. The summed E-state index contributed by atoms with van der Waals surface area (Å²) in [5.41, 5.74) is 0. The average Bonchev–Trinajstić information content (AvgIpc) is 2.83. The van der Waals surface area contributed by atoms with Gasteiger partial charge in [0.25, 0.3) is 0 Å². The van der Waals surface area contributed by atoms with Crippen molar-refractivity contribution in [1.29, 1.82) is 0 Å². The molecule has 0 bridgehead atoms. The number of anilines is 3. The van der Waals surface area contributed by atoms with Crippen LogP contribution >= 0.6 is 0 Å². The van der Waals surface area contributed by atoms with E-state index >= 15 is 0 Å². The highest BCUT2D eigenvalue weighted by Gasteiger charge is 2.16. The molecule has 0 unspecified atom stereocenters. The van der Waals surface area contributed by atoms with E-state index in [2.05, 4.69) is 58.2 Å². The molecule has 1 aromatic heterocycles. The summed E-state index contributed by atoms with van der Waals surface area (Å²) < 4.78 is 0. The fourth-order valence-electron chi connectivity index (χ4n) is 2.55. The van der Waals surface area contributed by atoms with Crippen LogP contribution < -0.4 is 15.5 Å². The quantitative estimate of drug-likeness (QED) is 0.799. The molecule has 6 heteroatoms. The van der Waals surface area contributed by atoms with E-state index in [1.54, 1.807) is 0 Å². The summed E-state index contributed by atoms with van der Waals surface area (Å²) in [5.74, 6) is 2.16. The summed E-state index contributed by atoms with van der Waals surface area (Å²) in [6.07, 6.45) is 7.12. The molecule has 2 N–H and O–H groups in total. The van der Waals surface area contributed by atoms with Crippen LogP contribution in [0.2, 0.25) is 0 Å². The van der Waals surface area contributed by atoms with Crippen LogP contribution in [0, 0.1) is 0 Å². The van der Waals surface area contributed by atoms with E-state index in [1.807, 2.05) is 0 Å². The third-order valence-corrected chi connectivity index (χ3v) is 4.49. The van der Waals surface area contributed by atoms with Crippen molar-refractivity contribution in [3.05, 3.63) is 0 Å². The van der Waals surface area contributed by atoms with Crippen LogP contribution in [0.3, 0.4) is 0 Å². The Bertz CT molecular complexity index is 440. The summed E-state index contributed by atoms with van der Waals surface area (Å²) in [5, 5.41) is 6.78. The summed E-state index contributed by atoms with van der Waals surface area (Å²) in [7, 11) is 0. The first-order chi connectivity index (χ1) is 11.1. The van der Waals surface area contributed by atoms with Crippen molar-refractivity contribution in [1.82, 2.24) is 15.0 Å². The fraction of sp³-hybridized carbons (Fsp3) is 0.824. The lowest BCUT2D eigenvalue weighted by Crippen LogP contribution is -2.28. The Morgan fingerprint density at radius 3 is 1.74 bits per heavy atom. The molecule has 130 valence electrons. The lowest BCUT2D eigenvalue weighted by Gasteiger charge is -2.22. The Morgan fingerprint density at radius 2 is 1.30 bits per heavy atom. The molecule has 2 rings (SSSR count). The first-order valence-corrected chi connectivity index (χ1v) is 9.16. The minimum Gasteiger partial charge on any atom is -0.352 e. The summed E-state index contributed by atoms with van der Waals surface area (Å²) in [4.78, 5) is 16.2. The van der Waals surface area contributed by atoms with Crippen LogP contribution in [0.25, 0.3) is 0 Å². The number of hydrogen-bond acceptors (Lipinski definition) is 6. The Hall–Kier alpha value is -1.59. The first-order valence-electron chi connectivity index (χ1n) is 9.16. The van der Waals surface area contributed by atoms with Crippen molar-refractivity contribution in [2.75, 3.05) is 28.6 Å². The molecule has 1 fully saturated rings. The second-order valence-electron chi connectivity index (χ2n) is 6.59. The predicted molar refractivity (Wildman–Crippen MR) is 97.3 cm³/mol. The monoisotopic (exact) mass is 320 g/mol. The largest absolute Gasteiger partial charge is 0.352 e. The van der Waals surface area contributed by atoms with Crippen LogP contribution in [-0.2, 0) is 0 Å². The van der Waals surface area contributed by atoms with E-state index in [1.165, 1.54) is 25.7 Å². The molecule has 0 spiro atoms. The van der Waals surface area contributed by atoms with Gasteiger partial charge in [0.15, 0.2) is 0 Å². The minimum atomic E-state index is 0.353. The highest BCUT2D eigenvalue weighted by Crippen LogP contribution is 2.19. The van der Waals surface area contributed by atoms with Gasteiger partial charge in [0.2, 0.25) is 17.8 Å². The van der Waals surface area contributed by atoms with Crippen LogP contribution in [0.15, 0.2) is 0 Å². The van der Waals surface area contributed by atoms with Gasteiger partial charge in [-0.1, -0.05) is 26.7 Å². The van der Waals surface area contributed by atoms with Gasteiger partial charge in [-0.05, 0) is 39.5 Å². The maximum Gasteiger partial charge on any atom is 0.231 e. The summed E-state index contributed by atoms with van der Waals surface area (Å²) in [6.45, 7) is 10.7. The molecule has 2 heterocycles. The molecule has 1 aliphatic rings. The van der Waals surface area contributed by atoms with E-state index in [4.69, 9.17) is 0 Å². The Balaban J connectivity index is 2.23. The summed E-state index contributed by atoms with van der Waals surface area (Å²) >= 11 is 0. The topological polar surface area (TPSA) is 66.0 Å². The van der Waals surface area contributed by atoms with Crippen LogP contribution in [0.5, 0.6) is 0 Å². The molecule has 0 saturated carbocycles. The lowest BCUT2D eigenvalue weighted by molar-refractivity contribution is 0.723. The van der Waals surface area contributed by atoms with Gasteiger partial charge >= 0.3 is 0 Å². The van der Waals surface area contributed by atoms with E-state index < -0.39 is 0 Å². The zero-order valence-corrected chi connectivity index (χ0v) is 15.1. The highest BCUT2D eigenvalue weighted by atomic mass is 15.3. The Kier molecular flexibility index (Phi) is 6.86. The van der Waals surface area contributed by atoms with Crippen molar-refractivity contribution < 1.29 is 0 Å². The Labute approximate surface area is 140 Å². The molecule has 1 saturated heterocycles. The lowest BCUT2D eigenvalue weighted by atomic mass is 10.2. The summed E-state index contributed by atoms with van der Waals surface area (Å²) in [6, 6.07) is 0.705. The van der Waals surface area contributed by atoms with Gasteiger partial charge in [-0.3, -0.25) is 0 Å². The molecule has 0 radical (unpaired) electrons. The number of nitrogens with zero attached hydrogens (tertiary/aromatic N) is 4. The molecular weight excluding hydrogens is 288 g/mol. The molecule has 2 atom stereocenters. The van der Waals surface area contributed by atoms with Crippen LogP contribution in [0.4, 0.5) is 17.8 Å². The first kappa shape index (κ1) is 17.8. The molecular formula is C17H32N6. The molecule has 23 heavy (non-hydrogen) atoms. The third kappa shape index (κ3) is 5.52. The van der Waals surface area contributed by atoms with Gasteiger partial charge in [-0.25, -0.2) is 0 Å². The van der Waals surface area contributed by atoms with Gasteiger partial charge in [0, 0.05) is 25.2 Å². The number of rotatable bonds is 7. The van der Waals surface area contributed by atoms with Crippen molar-refractivity contribution in [2.45, 2.75) is 78.3 Å². The number of aromatic nitrogens is 3. The molecule has 6 nitrogen and oxygen atoms in total. The number of hydrogen-bond donors (Lipinski definition) is 2. The van der Waals surface area contributed by atoms with Crippen molar-refractivity contribution in [3.63, 3.8) is 0 Å². The predicted octanol–water partition coefficient (Wildman–Crippen LogP) is 3.67. The molecule has 1 aromatic rings. The SMILES string of the molecule is CC[C@@H](C)Nc1nc(N[C@@H](C)CC)nc(N2CCCCCC2)n1. The average molecular weight is 320 g/mol. The van der Waals surface area contributed by atoms with E-state index in [0.29, 0.717) is 24.0 Å². The Morgan fingerprint density at radius 1 is 0.826 bits per heavy atom. The van der Waals surface area contributed by atoms with Crippen LogP contribution in [0.1, 0.15) is 66.2 Å². The molecule has 1 aliphatic heterocycles. The smallest absolute Gasteiger partial charge is 0.231 e. The van der Waals surface area contributed by atoms with Gasteiger partial charge in [-0.2, -0.15) is 15.0 Å². The van der Waals surface area contributed by atoms with Crippen molar-refractivity contribution in [3.8, 4) is 0 Å². The van der Waals surface area contributed by atoms with Crippen molar-refractivity contribution >= 4 is 17.8 Å². The zero-order chi connectivity index (χ0) is 16.7. The maximum atomic E-state index is 4.67. The standard InChI is InChI=1S/C17H32N6/c1-5-13(3)18-15-20-16(19-14(4)6-2)22-17(21-15)23-11-9-7-8-10-12-23/h13-14H,5-12H2,1-4H3,(H2,18,19,20,21,22)/t13-,14+. The molecule has 0 amide bonds. The fourth-order valence-corrected chi connectivity index (χ4v) is 2.55. The zero-order valence-electron chi connectivity index (χ0n) is 15.1. The molecule has 0 aliphatic carbocycles.